The summed E-state index contributed by atoms with van der Waals surface area (Å²) < 4.78 is 5.26. The average molecular weight is 296 g/mol. The van der Waals surface area contributed by atoms with Crippen LogP contribution in [0.4, 0.5) is 0 Å². The second-order valence-corrected chi connectivity index (χ2v) is 5.02. The molecule has 2 rings (SSSR count). The zero-order valence-electron chi connectivity index (χ0n) is 10.8. The Morgan fingerprint density at radius 3 is 2.58 bits per heavy atom. The van der Waals surface area contributed by atoms with Crippen LogP contribution in [0.1, 0.15) is 5.56 Å². The lowest BCUT2D eigenvalue weighted by molar-refractivity contribution is 0.415. The maximum Gasteiger partial charge on any atom is 0.138 e. The van der Waals surface area contributed by atoms with Crippen LogP contribution in [0.3, 0.4) is 0 Å². The molecule has 0 radical (unpaired) electrons. The summed E-state index contributed by atoms with van der Waals surface area (Å²) in [7, 11) is 3.53. The van der Waals surface area contributed by atoms with E-state index in [-0.39, 0.29) is 0 Å². The Bertz CT molecular complexity index is 584. The van der Waals surface area contributed by atoms with Crippen molar-refractivity contribution in [2.24, 2.45) is 0 Å². The lowest BCUT2D eigenvalue weighted by Crippen LogP contribution is -2.06. The van der Waals surface area contributed by atoms with E-state index < -0.39 is 0 Å². The zero-order chi connectivity index (χ0) is 13.8. The Kier molecular flexibility index (Phi) is 4.70. The molecule has 2 aromatic carbocycles. The van der Waals surface area contributed by atoms with Crippen molar-refractivity contribution in [2.75, 3.05) is 14.2 Å². The molecular weight excluding hydrogens is 281 g/mol. The Morgan fingerprint density at radius 2 is 1.89 bits per heavy atom. The number of methoxy groups -OCH3 is 1. The highest BCUT2D eigenvalue weighted by Gasteiger charge is 2.08. The molecule has 0 aromatic heterocycles. The number of ether oxygens (including phenoxy) is 1. The molecule has 2 nitrogen and oxygen atoms in total. The molecule has 1 N–H and O–H groups in total. The molecule has 0 spiro atoms. The fraction of sp³-hybridized carbons (Fsp3) is 0.200. The minimum Gasteiger partial charge on any atom is -0.495 e. The molecule has 0 saturated carbocycles. The summed E-state index contributed by atoms with van der Waals surface area (Å²) in [5.74, 6) is 0.662. The smallest absolute Gasteiger partial charge is 0.138 e. The SMILES string of the molecule is CNCc1ccc(Cl)cc1-c1ccc(Cl)c(OC)c1. The van der Waals surface area contributed by atoms with E-state index in [0.717, 1.165) is 17.7 Å². The fourth-order valence-electron chi connectivity index (χ4n) is 1.99. The lowest BCUT2D eigenvalue weighted by atomic mass is 9.99. The van der Waals surface area contributed by atoms with E-state index in [1.807, 2.05) is 43.4 Å². The van der Waals surface area contributed by atoms with E-state index in [4.69, 9.17) is 27.9 Å². The van der Waals surface area contributed by atoms with Gasteiger partial charge >= 0.3 is 0 Å². The molecule has 0 heterocycles. The molecule has 0 bridgehead atoms. The quantitative estimate of drug-likeness (QED) is 0.903. The van der Waals surface area contributed by atoms with Gasteiger partial charge in [0.2, 0.25) is 0 Å². The number of nitrogens with one attached hydrogen (secondary N) is 1. The maximum absolute atomic E-state index is 6.09. The Hall–Kier alpha value is -1.22. The molecule has 4 heteroatoms. The predicted molar refractivity (Wildman–Crippen MR) is 81.2 cm³/mol. The summed E-state index contributed by atoms with van der Waals surface area (Å²) >= 11 is 12.1. The normalized spacial score (nSPS) is 10.5. The first kappa shape index (κ1) is 14.2. The van der Waals surface area contributed by atoms with Gasteiger partial charge in [-0.3, -0.25) is 0 Å². The number of halogens is 2. The Morgan fingerprint density at radius 1 is 1.11 bits per heavy atom. The second-order valence-electron chi connectivity index (χ2n) is 4.18. The minimum absolute atomic E-state index is 0.600. The number of hydrogen-bond donors (Lipinski definition) is 1. The third-order valence-electron chi connectivity index (χ3n) is 2.90. The molecule has 100 valence electrons. The average Bonchev–Trinajstić information content (AvgIpc) is 2.42. The zero-order valence-corrected chi connectivity index (χ0v) is 12.3. The van der Waals surface area contributed by atoms with Crippen molar-refractivity contribution in [1.82, 2.24) is 5.32 Å². The Labute approximate surface area is 123 Å². The molecule has 0 saturated heterocycles. The van der Waals surface area contributed by atoms with Gasteiger partial charge in [0.15, 0.2) is 0 Å². The molecule has 2 aromatic rings. The first-order chi connectivity index (χ1) is 9.15. The second kappa shape index (κ2) is 6.29. The van der Waals surface area contributed by atoms with Crippen LogP contribution in [-0.2, 0) is 6.54 Å². The maximum atomic E-state index is 6.09. The summed E-state index contributed by atoms with van der Waals surface area (Å²) in [6.45, 7) is 0.775. The third kappa shape index (κ3) is 3.21. The summed E-state index contributed by atoms with van der Waals surface area (Å²) in [5.41, 5.74) is 3.29. The van der Waals surface area contributed by atoms with Crippen LogP contribution < -0.4 is 10.1 Å². The van der Waals surface area contributed by atoms with Gasteiger partial charge in [-0.15, -0.1) is 0 Å². The van der Waals surface area contributed by atoms with Crippen LogP contribution in [0.2, 0.25) is 10.0 Å². The van der Waals surface area contributed by atoms with Gasteiger partial charge in [-0.25, -0.2) is 0 Å². The van der Waals surface area contributed by atoms with Crippen molar-refractivity contribution in [2.45, 2.75) is 6.54 Å². The van der Waals surface area contributed by atoms with E-state index in [0.29, 0.717) is 15.8 Å². The van der Waals surface area contributed by atoms with Gasteiger partial charge < -0.3 is 10.1 Å². The van der Waals surface area contributed by atoms with Gasteiger partial charge in [0.05, 0.1) is 12.1 Å². The van der Waals surface area contributed by atoms with E-state index in [9.17, 15) is 0 Å². The summed E-state index contributed by atoms with van der Waals surface area (Å²) in [5, 5.41) is 4.47. The van der Waals surface area contributed by atoms with Gasteiger partial charge in [-0.2, -0.15) is 0 Å². The third-order valence-corrected chi connectivity index (χ3v) is 3.45. The van der Waals surface area contributed by atoms with Gasteiger partial charge in [0, 0.05) is 11.6 Å². The summed E-state index contributed by atoms with van der Waals surface area (Å²) in [6, 6.07) is 11.6. The molecule has 19 heavy (non-hydrogen) atoms. The molecule has 0 amide bonds. The summed E-state index contributed by atoms with van der Waals surface area (Å²) in [6.07, 6.45) is 0. The monoisotopic (exact) mass is 295 g/mol. The standard InChI is InChI=1S/C15H15Cl2NO/c1-18-9-11-3-5-12(16)8-13(11)10-4-6-14(17)15(7-10)19-2/h3-8,18H,9H2,1-2H3. The van der Waals surface area contributed by atoms with E-state index in [2.05, 4.69) is 5.32 Å². The van der Waals surface area contributed by atoms with Crippen molar-refractivity contribution in [3.63, 3.8) is 0 Å². The molecule has 0 aliphatic rings. The van der Waals surface area contributed by atoms with Crippen LogP contribution in [0.25, 0.3) is 11.1 Å². The first-order valence-corrected chi connectivity index (χ1v) is 6.68. The van der Waals surface area contributed by atoms with E-state index >= 15 is 0 Å². The Balaban J connectivity index is 2.53. The molecule has 0 fully saturated rings. The van der Waals surface area contributed by atoms with E-state index in [1.165, 1.54) is 5.56 Å². The van der Waals surface area contributed by atoms with Gasteiger partial charge in [-0.05, 0) is 48.0 Å². The van der Waals surface area contributed by atoms with Crippen LogP contribution >= 0.6 is 23.2 Å². The molecule has 0 aliphatic carbocycles. The van der Waals surface area contributed by atoms with Gasteiger partial charge in [-0.1, -0.05) is 35.3 Å². The fourth-order valence-corrected chi connectivity index (χ4v) is 2.36. The largest absolute Gasteiger partial charge is 0.495 e. The highest BCUT2D eigenvalue weighted by atomic mass is 35.5. The van der Waals surface area contributed by atoms with Crippen molar-refractivity contribution in [3.8, 4) is 16.9 Å². The minimum atomic E-state index is 0.600. The van der Waals surface area contributed by atoms with Crippen molar-refractivity contribution in [3.05, 3.63) is 52.0 Å². The van der Waals surface area contributed by atoms with Gasteiger partial charge in [0.25, 0.3) is 0 Å². The number of rotatable bonds is 4. The number of hydrogen-bond acceptors (Lipinski definition) is 2. The topological polar surface area (TPSA) is 21.3 Å². The molecule has 0 atom stereocenters. The first-order valence-electron chi connectivity index (χ1n) is 5.92. The van der Waals surface area contributed by atoms with Crippen LogP contribution in [0.5, 0.6) is 5.75 Å². The van der Waals surface area contributed by atoms with Crippen LogP contribution in [0, 0.1) is 0 Å². The highest BCUT2D eigenvalue weighted by Crippen LogP contribution is 2.33. The van der Waals surface area contributed by atoms with Crippen molar-refractivity contribution < 1.29 is 4.74 Å². The lowest BCUT2D eigenvalue weighted by Gasteiger charge is -2.12. The van der Waals surface area contributed by atoms with Crippen LogP contribution in [0.15, 0.2) is 36.4 Å². The van der Waals surface area contributed by atoms with Crippen molar-refractivity contribution >= 4 is 23.2 Å². The molecule has 0 aliphatic heterocycles. The molecular formula is C15H15Cl2NO. The summed E-state index contributed by atoms with van der Waals surface area (Å²) in [4.78, 5) is 0. The van der Waals surface area contributed by atoms with E-state index in [1.54, 1.807) is 7.11 Å². The number of benzene rings is 2. The molecule has 0 unspecified atom stereocenters. The van der Waals surface area contributed by atoms with Gasteiger partial charge in [0.1, 0.15) is 5.75 Å². The van der Waals surface area contributed by atoms with Crippen molar-refractivity contribution in [1.29, 1.82) is 0 Å². The highest BCUT2D eigenvalue weighted by molar-refractivity contribution is 6.32. The van der Waals surface area contributed by atoms with Crippen LogP contribution in [-0.4, -0.2) is 14.2 Å². The predicted octanol–water partition coefficient (Wildman–Crippen LogP) is 4.39.